The summed E-state index contributed by atoms with van der Waals surface area (Å²) in [5, 5.41) is 4.16. The molecule has 0 aliphatic heterocycles. The molecule has 2 rings (SSSR count). The van der Waals surface area contributed by atoms with Crippen LogP contribution < -0.4 is 0 Å². The van der Waals surface area contributed by atoms with Crippen LogP contribution in [0.3, 0.4) is 0 Å². The first-order chi connectivity index (χ1) is 13.1. The van der Waals surface area contributed by atoms with Crippen LogP contribution in [0.25, 0.3) is 12.2 Å². The summed E-state index contributed by atoms with van der Waals surface area (Å²) in [5.41, 5.74) is 0.405. The predicted molar refractivity (Wildman–Crippen MR) is 125 cm³/mol. The summed E-state index contributed by atoms with van der Waals surface area (Å²) in [6, 6.07) is 7.68. The van der Waals surface area contributed by atoms with Crippen LogP contribution in [0, 0.1) is 0 Å². The number of benzene rings is 2. The number of hydrogen-bond donors (Lipinski definition) is 2. The fourth-order valence-corrected chi connectivity index (χ4v) is 3.81. The molecule has 0 radical (unpaired) electrons. The summed E-state index contributed by atoms with van der Waals surface area (Å²) in [4.78, 5) is 6.35. The Morgan fingerprint density at radius 1 is 0.733 bits per heavy atom. The van der Waals surface area contributed by atoms with E-state index in [-0.39, 0.29) is 81.6 Å². The summed E-state index contributed by atoms with van der Waals surface area (Å²) in [7, 11) is -9.21. The van der Waals surface area contributed by atoms with Crippen LogP contribution in [0.1, 0.15) is 11.1 Å². The first-order valence-corrected chi connectivity index (χ1v) is 10.8. The Balaban J connectivity index is 0.00000420. The van der Waals surface area contributed by atoms with Crippen LogP contribution in [-0.4, -0.2) is 95.4 Å². The third kappa shape index (κ3) is 8.27. The molecule has 0 aliphatic carbocycles. The molecule has 0 bridgehead atoms. The molecule has 8 nitrogen and oxygen atoms in total. The molecule has 0 aliphatic rings. The van der Waals surface area contributed by atoms with E-state index in [1.54, 1.807) is 0 Å². The Kier molecular flexibility index (Phi) is 12.4. The average molecular weight is 503 g/mol. The molecule has 0 unspecified atom stereocenters. The topological polar surface area (TPSA) is 133 Å². The third-order valence-electron chi connectivity index (χ3n) is 3.34. The summed E-state index contributed by atoms with van der Waals surface area (Å²) >= 11 is 8.91. The predicted octanol–water partition coefficient (Wildman–Crippen LogP) is 2.52. The molecule has 0 spiro atoms. The monoisotopic (exact) mass is 502 g/mol. The molecule has 2 aromatic rings. The van der Waals surface area contributed by atoms with E-state index in [0.29, 0.717) is 0 Å². The molecule has 0 aromatic heterocycles. The van der Waals surface area contributed by atoms with Gasteiger partial charge >= 0.3 is 59.1 Å². The molecule has 2 aromatic carbocycles. The van der Waals surface area contributed by atoms with Crippen LogP contribution in [0.5, 0.6) is 0 Å². The van der Waals surface area contributed by atoms with Crippen molar-refractivity contribution in [2.24, 2.45) is 9.98 Å². The molecule has 0 saturated heterocycles. The third-order valence-corrected chi connectivity index (χ3v) is 5.34. The maximum atomic E-state index is 11.6. The van der Waals surface area contributed by atoms with Crippen molar-refractivity contribution >= 4 is 138 Å². The first kappa shape index (κ1) is 29.6. The molecule has 0 fully saturated rings. The Morgan fingerprint density at radius 3 is 1.33 bits per heavy atom. The van der Waals surface area contributed by atoms with Crippen molar-refractivity contribution in [3.05, 3.63) is 47.5 Å². The second-order valence-electron chi connectivity index (χ2n) is 5.13. The van der Waals surface area contributed by atoms with Crippen molar-refractivity contribution in [3.8, 4) is 0 Å². The summed E-state index contributed by atoms with van der Waals surface area (Å²) < 4.78 is 65.4. The Labute approximate surface area is 228 Å². The molecule has 0 atom stereocenters. The number of nitrogens with zero attached hydrogens (tertiary/aromatic N) is 2. The van der Waals surface area contributed by atoms with Gasteiger partial charge in [-0.25, -0.2) is 0 Å². The number of rotatable bonds is 6. The average Bonchev–Trinajstić information content (AvgIpc) is 2.60. The summed E-state index contributed by atoms with van der Waals surface area (Å²) in [6.07, 6.45) is 2.50. The van der Waals surface area contributed by atoms with E-state index in [0.717, 1.165) is 12.1 Å². The second-order valence-corrected chi connectivity index (χ2v) is 8.28. The van der Waals surface area contributed by atoms with E-state index >= 15 is 0 Å². The maximum absolute atomic E-state index is 11.6. The van der Waals surface area contributed by atoms with Crippen molar-refractivity contribution in [3.63, 3.8) is 0 Å². The van der Waals surface area contributed by atoms with Gasteiger partial charge in [-0.3, -0.25) is 9.11 Å². The quantitative estimate of drug-likeness (QED) is 0.202. The van der Waals surface area contributed by atoms with Crippen molar-refractivity contribution < 1.29 is 25.9 Å². The number of hydrogen-bond acceptors (Lipinski definition) is 8. The van der Waals surface area contributed by atoms with Gasteiger partial charge in [0.25, 0.3) is 20.2 Å². The van der Waals surface area contributed by atoms with Gasteiger partial charge in [0.2, 0.25) is 0 Å². The van der Waals surface area contributed by atoms with Crippen molar-refractivity contribution in [2.75, 3.05) is 0 Å². The van der Waals surface area contributed by atoms with E-state index < -0.39 is 30.0 Å². The number of isothiocyanates is 2. The zero-order chi connectivity index (χ0) is 20.9. The first-order valence-electron chi connectivity index (χ1n) is 7.13. The minimum absolute atomic E-state index is 0. The Bertz CT molecular complexity index is 1180. The van der Waals surface area contributed by atoms with Gasteiger partial charge in [0.1, 0.15) is 9.79 Å². The van der Waals surface area contributed by atoms with Crippen LogP contribution in [-0.2, 0) is 20.2 Å². The number of thiocarbonyl (C=S) groups is 2. The molecule has 2 N–H and O–H groups in total. The molecule has 148 valence electrons. The number of aliphatic imine (C=N–C) groups is 2. The van der Waals surface area contributed by atoms with E-state index in [4.69, 9.17) is 0 Å². The molecule has 0 heterocycles. The standard InChI is InChI=1S/C16H10N2O6S4.2Na.2H/c19-27(20,21)15-7-13(17-9-25)5-3-11(15)1-2-12-4-6-14(18-10-26)8-16(12)28(22,23)24;;;;/h1-8H,(H,19,20,21)(H,22,23,24);;;;. The van der Waals surface area contributed by atoms with Gasteiger partial charge in [-0.15, -0.1) is 0 Å². The van der Waals surface area contributed by atoms with E-state index in [1.165, 1.54) is 36.4 Å². The minimum atomic E-state index is -4.61. The van der Waals surface area contributed by atoms with Crippen LogP contribution in [0.15, 0.2) is 56.2 Å². The Morgan fingerprint density at radius 2 is 1.07 bits per heavy atom. The van der Waals surface area contributed by atoms with Crippen LogP contribution in [0.2, 0.25) is 0 Å². The van der Waals surface area contributed by atoms with Crippen molar-refractivity contribution in [2.45, 2.75) is 9.79 Å². The van der Waals surface area contributed by atoms with Crippen molar-refractivity contribution in [1.29, 1.82) is 0 Å². The van der Waals surface area contributed by atoms with Gasteiger partial charge in [0.05, 0.1) is 21.7 Å². The summed E-state index contributed by atoms with van der Waals surface area (Å²) in [6.45, 7) is 0. The zero-order valence-electron chi connectivity index (χ0n) is 13.7. The van der Waals surface area contributed by atoms with Gasteiger partial charge in [-0.2, -0.15) is 26.8 Å². The Hall–Kier alpha value is -0.400. The van der Waals surface area contributed by atoms with E-state index in [1.807, 2.05) is 0 Å². The van der Waals surface area contributed by atoms with Gasteiger partial charge < -0.3 is 0 Å². The van der Waals surface area contributed by atoms with Crippen LogP contribution >= 0.6 is 24.4 Å². The van der Waals surface area contributed by atoms with E-state index in [2.05, 4.69) is 44.7 Å². The fraction of sp³-hybridized carbons (Fsp3) is 0. The molecular formula is C16H12N2Na2O6S4. The van der Waals surface area contributed by atoms with E-state index in [9.17, 15) is 25.9 Å². The molecule has 14 heteroatoms. The fourth-order valence-electron chi connectivity index (χ4n) is 2.19. The van der Waals surface area contributed by atoms with Gasteiger partial charge in [-0.05, 0) is 59.8 Å². The van der Waals surface area contributed by atoms with Gasteiger partial charge in [-0.1, -0.05) is 24.3 Å². The SMILES string of the molecule is O=S(=O)(O)c1cc(N=C=S)ccc1C=Cc1ccc(N=C=S)cc1S(=O)(=O)O.[NaH].[NaH]. The molecule has 0 amide bonds. The zero-order valence-corrected chi connectivity index (χ0v) is 16.9. The van der Waals surface area contributed by atoms with Gasteiger partial charge in [0.15, 0.2) is 0 Å². The van der Waals surface area contributed by atoms with Crippen LogP contribution in [0.4, 0.5) is 11.4 Å². The molecule has 0 saturated carbocycles. The molecule has 30 heavy (non-hydrogen) atoms. The van der Waals surface area contributed by atoms with Crippen molar-refractivity contribution in [1.82, 2.24) is 0 Å². The molecular weight excluding hydrogens is 490 g/mol. The second kappa shape index (κ2) is 12.6. The normalized spacial score (nSPS) is 10.9. The van der Waals surface area contributed by atoms with Gasteiger partial charge in [0, 0.05) is 0 Å². The summed E-state index contributed by atoms with van der Waals surface area (Å²) in [5.74, 6) is 0.